The van der Waals surface area contributed by atoms with Crippen molar-refractivity contribution < 1.29 is 9.59 Å². The number of likely N-dealkylation sites (N-methyl/N-ethyl adjacent to an activating group) is 1. The molecule has 1 aliphatic heterocycles. The zero-order valence-corrected chi connectivity index (χ0v) is 8.83. The molecule has 0 spiro atoms. The van der Waals surface area contributed by atoms with Crippen molar-refractivity contribution in [3.8, 4) is 0 Å². The van der Waals surface area contributed by atoms with E-state index in [9.17, 15) is 9.59 Å². The first-order valence-electron chi connectivity index (χ1n) is 4.74. The molecule has 1 aliphatic rings. The average molecular weight is 199 g/mol. The van der Waals surface area contributed by atoms with Crippen molar-refractivity contribution in [2.75, 3.05) is 20.6 Å². The molecule has 0 bridgehead atoms. The lowest BCUT2D eigenvalue weighted by Gasteiger charge is -2.20. The van der Waals surface area contributed by atoms with Crippen LogP contribution in [0, 0.1) is 0 Å². The van der Waals surface area contributed by atoms with Crippen LogP contribution in [0.4, 0.5) is 0 Å². The molecule has 0 aromatic rings. The lowest BCUT2D eigenvalue weighted by Crippen LogP contribution is -2.46. The van der Waals surface area contributed by atoms with Crippen molar-refractivity contribution in [2.24, 2.45) is 0 Å². The standard InChI is InChI=1S/C9H17N3O2/c1-6(9(14)12(2)3)11-7-4-8(13)10-5-7/h6-7,11H,4-5H2,1-3H3,(H,10,13). The summed E-state index contributed by atoms with van der Waals surface area (Å²) in [5, 5.41) is 5.83. The molecule has 5 heteroatoms. The normalized spacial score (nSPS) is 23.1. The Morgan fingerprint density at radius 2 is 2.29 bits per heavy atom. The molecule has 0 aliphatic carbocycles. The summed E-state index contributed by atoms with van der Waals surface area (Å²) in [7, 11) is 3.44. The second kappa shape index (κ2) is 4.41. The predicted molar refractivity (Wildman–Crippen MR) is 52.7 cm³/mol. The Bertz CT molecular complexity index is 240. The van der Waals surface area contributed by atoms with E-state index in [1.807, 2.05) is 6.92 Å². The van der Waals surface area contributed by atoms with Crippen LogP contribution in [0.5, 0.6) is 0 Å². The van der Waals surface area contributed by atoms with Crippen molar-refractivity contribution in [1.29, 1.82) is 0 Å². The fourth-order valence-electron chi connectivity index (χ4n) is 1.54. The number of hydrogen-bond acceptors (Lipinski definition) is 3. The van der Waals surface area contributed by atoms with Gasteiger partial charge in [-0.25, -0.2) is 0 Å². The van der Waals surface area contributed by atoms with Crippen molar-refractivity contribution >= 4 is 11.8 Å². The topological polar surface area (TPSA) is 61.4 Å². The molecule has 2 unspecified atom stereocenters. The lowest BCUT2D eigenvalue weighted by atomic mass is 10.2. The zero-order valence-electron chi connectivity index (χ0n) is 8.83. The van der Waals surface area contributed by atoms with Crippen LogP contribution < -0.4 is 10.6 Å². The summed E-state index contributed by atoms with van der Waals surface area (Å²) in [4.78, 5) is 23.9. The second-order valence-electron chi connectivity index (χ2n) is 3.83. The molecule has 1 saturated heterocycles. The van der Waals surface area contributed by atoms with E-state index >= 15 is 0 Å². The number of amides is 2. The summed E-state index contributed by atoms with van der Waals surface area (Å²) in [6.45, 7) is 2.43. The molecule has 0 aromatic carbocycles. The van der Waals surface area contributed by atoms with Crippen LogP contribution in [0.1, 0.15) is 13.3 Å². The van der Waals surface area contributed by atoms with Crippen LogP contribution in [-0.4, -0.2) is 49.4 Å². The first-order valence-corrected chi connectivity index (χ1v) is 4.74. The number of nitrogens with one attached hydrogen (secondary N) is 2. The number of hydrogen-bond donors (Lipinski definition) is 2. The predicted octanol–water partition coefficient (Wildman–Crippen LogP) is -1.06. The van der Waals surface area contributed by atoms with Gasteiger partial charge in [0.25, 0.3) is 0 Å². The van der Waals surface area contributed by atoms with E-state index in [1.54, 1.807) is 19.0 Å². The maximum Gasteiger partial charge on any atom is 0.238 e. The third-order valence-corrected chi connectivity index (χ3v) is 2.27. The van der Waals surface area contributed by atoms with Crippen LogP contribution in [0.25, 0.3) is 0 Å². The quantitative estimate of drug-likeness (QED) is 0.609. The van der Waals surface area contributed by atoms with E-state index < -0.39 is 0 Å². The molecular formula is C9H17N3O2. The fourth-order valence-corrected chi connectivity index (χ4v) is 1.54. The summed E-state index contributed by atoms with van der Waals surface area (Å²) in [5.74, 6) is 0.0800. The van der Waals surface area contributed by atoms with E-state index in [-0.39, 0.29) is 23.9 Å². The van der Waals surface area contributed by atoms with Gasteiger partial charge in [0.05, 0.1) is 6.04 Å². The molecule has 1 rings (SSSR count). The fraction of sp³-hybridized carbons (Fsp3) is 0.778. The van der Waals surface area contributed by atoms with Gasteiger partial charge in [0.2, 0.25) is 11.8 Å². The largest absolute Gasteiger partial charge is 0.354 e. The maximum absolute atomic E-state index is 11.5. The van der Waals surface area contributed by atoms with E-state index in [1.165, 1.54) is 0 Å². The molecule has 2 N–H and O–H groups in total. The Hall–Kier alpha value is -1.10. The third-order valence-electron chi connectivity index (χ3n) is 2.27. The van der Waals surface area contributed by atoms with Gasteiger partial charge in [0.15, 0.2) is 0 Å². The van der Waals surface area contributed by atoms with Crippen LogP contribution >= 0.6 is 0 Å². The summed E-state index contributed by atoms with van der Waals surface area (Å²) in [6, 6.07) is -0.149. The highest BCUT2D eigenvalue weighted by atomic mass is 16.2. The van der Waals surface area contributed by atoms with Crippen molar-refractivity contribution in [1.82, 2.24) is 15.5 Å². The highest BCUT2D eigenvalue weighted by molar-refractivity contribution is 5.82. The van der Waals surface area contributed by atoms with Gasteiger partial charge in [-0.05, 0) is 6.92 Å². The van der Waals surface area contributed by atoms with Crippen LogP contribution in [0.15, 0.2) is 0 Å². The molecule has 5 nitrogen and oxygen atoms in total. The third kappa shape index (κ3) is 2.70. The Morgan fingerprint density at radius 3 is 2.71 bits per heavy atom. The number of carbonyl (C=O) groups is 2. The summed E-state index contributed by atoms with van der Waals surface area (Å²) in [5.41, 5.74) is 0. The highest BCUT2D eigenvalue weighted by Gasteiger charge is 2.25. The van der Waals surface area contributed by atoms with E-state index in [0.29, 0.717) is 13.0 Å². The van der Waals surface area contributed by atoms with Gasteiger partial charge in [0, 0.05) is 33.1 Å². The van der Waals surface area contributed by atoms with Gasteiger partial charge in [-0.2, -0.15) is 0 Å². The zero-order chi connectivity index (χ0) is 10.7. The molecule has 1 heterocycles. The molecule has 0 saturated carbocycles. The summed E-state index contributed by atoms with van der Waals surface area (Å²) < 4.78 is 0. The van der Waals surface area contributed by atoms with Crippen molar-refractivity contribution in [2.45, 2.75) is 25.4 Å². The minimum atomic E-state index is -0.234. The molecular weight excluding hydrogens is 182 g/mol. The monoisotopic (exact) mass is 199 g/mol. The van der Waals surface area contributed by atoms with Crippen molar-refractivity contribution in [3.05, 3.63) is 0 Å². The Morgan fingerprint density at radius 1 is 1.64 bits per heavy atom. The van der Waals surface area contributed by atoms with Gasteiger partial charge < -0.3 is 15.5 Å². The summed E-state index contributed by atoms with van der Waals surface area (Å²) in [6.07, 6.45) is 0.463. The number of nitrogens with zero attached hydrogens (tertiary/aromatic N) is 1. The lowest BCUT2D eigenvalue weighted by molar-refractivity contribution is -0.130. The first kappa shape index (κ1) is 11.0. The van der Waals surface area contributed by atoms with E-state index in [0.717, 1.165) is 0 Å². The second-order valence-corrected chi connectivity index (χ2v) is 3.83. The summed E-state index contributed by atoms with van der Waals surface area (Å²) >= 11 is 0. The molecule has 14 heavy (non-hydrogen) atoms. The Kier molecular flexibility index (Phi) is 3.46. The minimum Gasteiger partial charge on any atom is -0.354 e. The van der Waals surface area contributed by atoms with Gasteiger partial charge in [-0.15, -0.1) is 0 Å². The highest BCUT2D eigenvalue weighted by Crippen LogP contribution is 2.01. The van der Waals surface area contributed by atoms with Crippen LogP contribution in [-0.2, 0) is 9.59 Å². The SMILES string of the molecule is CC(NC1CNC(=O)C1)C(=O)N(C)C. The number of carbonyl (C=O) groups excluding carboxylic acids is 2. The van der Waals surface area contributed by atoms with Gasteiger partial charge in [-0.3, -0.25) is 9.59 Å². The molecule has 80 valence electrons. The molecule has 0 radical (unpaired) electrons. The van der Waals surface area contributed by atoms with Crippen LogP contribution in [0.3, 0.4) is 0 Å². The Balaban J connectivity index is 2.37. The number of rotatable bonds is 3. The first-order chi connectivity index (χ1) is 6.50. The smallest absolute Gasteiger partial charge is 0.238 e. The molecule has 2 atom stereocenters. The average Bonchev–Trinajstić information content (AvgIpc) is 2.49. The molecule has 2 amide bonds. The van der Waals surface area contributed by atoms with E-state index in [2.05, 4.69) is 10.6 Å². The minimum absolute atomic E-state index is 0.0318. The van der Waals surface area contributed by atoms with Gasteiger partial charge >= 0.3 is 0 Å². The molecule has 0 aromatic heterocycles. The van der Waals surface area contributed by atoms with E-state index in [4.69, 9.17) is 0 Å². The van der Waals surface area contributed by atoms with Crippen LogP contribution in [0.2, 0.25) is 0 Å². The maximum atomic E-state index is 11.5. The van der Waals surface area contributed by atoms with Crippen molar-refractivity contribution in [3.63, 3.8) is 0 Å². The van der Waals surface area contributed by atoms with Gasteiger partial charge in [-0.1, -0.05) is 0 Å². The Labute approximate surface area is 83.8 Å². The van der Waals surface area contributed by atoms with Gasteiger partial charge in [0.1, 0.15) is 0 Å². The molecule has 1 fully saturated rings.